The number of aryl methyl sites for hydroxylation is 1. The zero-order valence-electron chi connectivity index (χ0n) is 18.2. The Bertz CT molecular complexity index is 902. The number of amides is 1. The number of ether oxygens (including phenoxy) is 3. The summed E-state index contributed by atoms with van der Waals surface area (Å²) in [6.45, 7) is 6.54. The van der Waals surface area contributed by atoms with Crippen molar-refractivity contribution in [2.45, 2.75) is 13.5 Å². The Morgan fingerprint density at radius 3 is 2.30 bits per heavy atom. The molecule has 1 aliphatic rings. The van der Waals surface area contributed by atoms with Crippen LogP contribution >= 0.6 is 0 Å². The molecule has 2 aromatic carbocycles. The predicted molar refractivity (Wildman–Crippen MR) is 117 cm³/mol. The van der Waals surface area contributed by atoms with Gasteiger partial charge in [0.15, 0.2) is 11.5 Å². The third-order valence-electron chi connectivity index (χ3n) is 5.46. The van der Waals surface area contributed by atoms with Gasteiger partial charge >= 0.3 is 0 Å². The Morgan fingerprint density at radius 1 is 1.00 bits per heavy atom. The molecule has 1 heterocycles. The second kappa shape index (κ2) is 10.2. The van der Waals surface area contributed by atoms with Crippen LogP contribution < -0.4 is 19.1 Å². The average Bonchev–Trinajstić information content (AvgIpc) is 2.77. The molecule has 6 nitrogen and oxygen atoms in total. The van der Waals surface area contributed by atoms with Gasteiger partial charge in [0.25, 0.3) is 0 Å². The van der Waals surface area contributed by atoms with E-state index in [4.69, 9.17) is 14.2 Å². The van der Waals surface area contributed by atoms with Gasteiger partial charge in [-0.3, -0.25) is 4.79 Å². The van der Waals surface area contributed by atoms with Crippen LogP contribution in [-0.2, 0) is 11.3 Å². The highest BCUT2D eigenvalue weighted by atomic mass is 16.5. The molecule has 30 heavy (non-hydrogen) atoms. The smallest absolute Gasteiger partial charge is 0.246 e. The maximum Gasteiger partial charge on any atom is 0.246 e. The first-order valence-corrected chi connectivity index (χ1v) is 10.2. The van der Waals surface area contributed by atoms with Crippen LogP contribution in [0.3, 0.4) is 0 Å². The van der Waals surface area contributed by atoms with Crippen LogP contribution in [0.1, 0.15) is 16.7 Å². The van der Waals surface area contributed by atoms with Crippen LogP contribution in [0.15, 0.2) is 42.5 Å². The van der Waals surface area contributed by atoms with Gasteiger partial charge in [-0.1, -0.05) is 29.8 Å². The van der Waals surface area contributed by atoms with E-state index < -0.39 is 0 Å². The van der Waals surface area contributed by atoms with Gasteiger partial charge in [-0.2, -0.15) is 0 Å². The van der Waals surface area contributed by atoms with Gasteiger partial charge in [-0.25, -0.2) is 0 Å². The van der Waals surface area contributed by atoms with E-state index in [1.165, 1.54) is 16.0 Å². The fraction of sp³-hybridized carbons (Fsp3) is 0.375. The van der Waals surface area contributed by atoms with Crippen molar-refractivity contribution in [1.29, 1.82) is 0 Å². The molecule has 0 aromatic heterocycles. The highest BCUT2D eigenvalue weighted by Gasteiger charge is 2.22. The lowest BCUT2D eigenvalue weighted by atomic mass is 10.1. The van der Waals surface area contributed by atoms with Crippen molar-refractivity contribution in [3.8, 4) is 17.2 Å². The third kappa shape index (κ3) is 5.33. The van der Waals surface area contributed by atoms with E-state index in [9.17, 15) is 4.79 Å². The number of nitrogens with one attached hydrogen (secondary N) is 1. The Balaban J connectivity index is 1.60. The summed E-state index contributed by atoms with van der Waals surface area (Å²) in [5.41, 5.74) is 3.41. The van der Waals surface area contributed by atoms with Crippen LogP contribution in [0.2, 0.25) is 0 Å². The van der Waals surface area contributed by atoms with E-state index >= 15 is 0 Å². The van der Waals surface area contributed by atoms with Gasteiger partial charge in [0.05, 0.1) is 47.5 Å². The zero-order chi connectivity index (χ0) is 21.5. The summed E-state index contributed by atoms with van der Waals surface area (Å²) >= 11 is 0. The predicted octanol–water partition coefficient (Wildman–Crippen LogP) is 1.96. The quantitative estimate of drug-likeness (QED) is 0.708. The SMILES string of the molecule is COc1cc(OC)c(OC)cc1/C=C/C(=O)N1CC[NH+](Cc2cccc(C)c2)CC1. The Kier molecular flexibility index (Phi) is 7.36. The molecule has 0 saturated carbocycles. The Morgan fingerprint density at radius 2 is 1.67 bits per heavy atom. The van der Waals surface area contributed by atoms with E-state index in [1.807, 2.05) is 11.0 Å². The number of rotatable bonds is 7. The summed E-state index contributed by atoms with van der Waals surface area (Å²) in [5.74, 6) is 1.83. The number of methoxy groups -OCH3 is 3. The maximum atomic E-state index is 12.7. The van der Waals surface area contributed by atoms with Crippen molar-refractivity contribution in [2.75, 3.05) is 47.5 Å². The summed E-state index contributed by atoms with van der Waals surface area (Å²) in [7, 11) is 4.76. The summed E-state index contributed by atoms with van der Waals surface area (Å²) in [5, 5.41) is 0. The minimum atomic E-state index is 0.0152. The molecule has 0 unspecified atom stereocenters. The minimum Gasteiger partial charge on any atom is -0.496 e. The monoisotopic (exact) mass is 411 g/mol. The van der Waals surface area contributed by atoms with Crippen LogP contribution in [0.4, 0.5) is 0 Å². The molecule has 1 amide bonds. The van der Waals surface area contributed by atoms with Gasteiger partial charge in [0, 0.05) is 23.3 Å². The van der Waals surface area contributed by atoms with Crippen LogP contribution in [-0.4, -0.2) is 58.3 Å². The number of nitrogens with zero attached hydrogens (tertiary/aromatic N) is 1. The van der Waals surface area contributed by atoms with Crippen molar-refractivity contribution in [3.05, 3.63) is 59.2 Å². The molecule has 1 N–H and O–H groups in total. The number of carbonyl (C=O) groups is 1. The van der Waals surface area contributed by atoms with Crippen molar-refractivity contribution in [1.82, 2.24) is 4.90 Å². The van der Waals surface area contributed by atoms with Crippen LogP contribution in [0, 0.1) is 6.92 Å². The second-order valence-corrected chi connectivity index (χ2v) is 7.52. The van der Waals surface area contributed by atoms with Gasteiger partial charge in [-0.15, -0.1) is 0 Å². The third-order valence-corrected chi connectivity index (χ3v) is 5.46. The average molecular weight is 412 g/mol. The van der Waals surface area contributed by atoms with Gasteiger partial charge < -0.3 is 24.0 Å². The zero-order valence-corrected chi connectivity index (χ0v) is 18.2. The van der Waals surface area contributed by atoms with Crippen molar-refractivity contribution < 1.29 is 23.9 Å². The molecule has 1 saturated heterocycles. The van der Waals surface area contributed by atoms with Gasteiger partial charge in [-0.05, 0) is 19.1 Å². The summed E-state index contributed by atoms with van der Waals surface area (Å²) in [6, 6.07) is 12.2. The molecular weight excluding hydrogens is 380 g/mol. The Hall–Kier alpha value is -2.99. The number of quaternary nitrogens is 1. The van der Waals surface area contributed by atoms with E-state index in [2.05, 4.69) is 31.2 Å². The first-order chi connectivity index (χ1) is 14.5. The summed E-state index contributed by atoms with van der Waals surface area (Å²) < 4.78 is 16.1. The highest BCUT2D eigenvalue weighted by Crippen LogP contribution is 2.35. The summed E-state index contributed by atoms with van der Waals surface area (Å²) in [4.78, 5) is 16.1. The molecular formula is C24H31N2O4+. The number of hydrogen-bond donors (Lipinski definition) is 1. The number of carbonyl (C=O) groups excluding carboxylic acids is 1. The van der Waals surface area contributed by atoms with E-state index in [1.54, 1.807) is 39.5 Å². The van der Waals surface area contributed by atoms with Gasteiger partial charge in [0.2, 0.25) is 5.91 Å². The fourth-order valence-electron chi connectivity index (χ4n) is 3.78. The van der Waals surface area contributed by atoms with Crippen LogP contribution in [0.5, 0.6) is 17.2 Å². The number of hydrogen-bond acceptors (Lipinski definition) is 4. The normalized spacial score (nSPS) is 14.7. The first kappa shape index (κ1) is 21.7. The molecule has 160 valence electrons. The van der Waals surface area contributed by atoms with Crippen molar-refractivity contribution in [2.24, 2.45) is 0 Å². The number of benzene rings is 2. The topological polar surface area (TPSA) is 52.4 Å². The Labute approximate surface area is 178 Å². The first-order valence-electron chi connectivity index (χ1n) is 10.2. The van der Waals surface area contributed by atoms with Crippen molar-refractivity contribution in [3.63, 3.8) is 0 Å². The molecule has 1 fully saturated rings. The lowest BCUT2D eigenvalue weighted by molar-refractivity contribution is -0.917. The van der Waals surface area contributed by atoms with E-state index in [0.29, 0.717) is 17.2 Å². The fourth-order valence-corrected chi connectivity index (χ4v) is 3.78. The standard InChI is InChI=1S/C24H30N2O4/c1-18-6-5-7-19(14-18)17-25-10-12-26(13-11-25)24(27)9-8-20-15-22(29-3)23(30-4)16-21(20)28-2/h5-9,14-16H,10-13,17H2,1-4H3/p+1/b9-8+. The van der Waals surface area contributed by atoms with Crippen molar-refractivity contribution >= 4 is 12.0 Å². The van der Waals surface area contributed by atoms with E-state index in [-0.39, 0.29) is 5.91 Å². The minimum absolute atomic E-state index is 0.0152. The molecule has 0 bridgehead atoms. The molecule has 0 radical (unpaired) electrons. The lowest BCUT2D eigenvalue weighted by Crippen LogP contribution is -3.13. The molecule has 6 heteroatoms. The number of piperazine rings is 1. The van der Waals surface area contributed by atoms with Gasteiger partial charge in [0.1, 0.15) is 12.3 Å². The molecule has 0 spiro atoms. The molecule has 0 atom stereocenters. The summed E-state index contributed by atoms with van der Waals surface area (Å²) in [6.07, 6.45) is 3.38. The van der Waals surface area contributed by atoms with E-state index in [0.717, 1.165) is 38.3 Å². The van der Waals surface area contributed by atoms with Crippen LogP contribution in [0.25, 0.3) is 6.08 Å². The highest BCUT2D eigenvalue weighted by molar-refractivity contribution is 5.92. The molecule has 1 aliphatic heterocycles. The molecule has 0 aliphatic carbocycles. The largest absolute Gasteiger partial charge is 0.496 e. The maximum absolute atomic E-state index is 12.7. The molecule has 2 aromatic rings. The lowest BCUT2D eigenvalue weighted by Gasteiger charge is -2.31. The molecule has 3 rings (SSSR count). The second-order valence-electron chi connectivity index (χ2n) is 7.52.